The summed E-state index contributed by atoms with van der Waals surface area (Å²) in [7, 11) is 4.29. The zero-order valence-corrected chi connectivity index (χ0v) is 19.3. The van der Waals surface area contributed by atoms with E-state index in [4.69, 9.17) is 9.73 Å². The molecule has 0 bridgehead atoms. The Morgan fingerprint density at radius 1 is 1.37 bits per heavy atom. The fraction of sp³-hybridized carbons (Fsp3) is 0.833. The third kappa shape index (κ3) is 5.32. The summed E-state index contributed by atoms with van der Waals surface area (Å²) in [6, 6.07) is 0.160. The van der Waals surface area contributed by atoms with Gasteiger partial charge < -0.3 is 20.3 Å². The lowest BCUT2D eigenvalue weighted by molar-refractivity contribution is -0.00255. The maximum atomic E-state index is 5.57. The van der Waals surface area contributed by atoms with Crippen LogP contribution in [0, 0.1) is 6.92 Å². The molecule has 8 nitrogen and oxygen atoms in total. The minimum absolute atomic E-state index is 0. The predicted octanol–water partition coefficient (Wildman–Crippen LogP) is 1.71. The van der Waals surface area contributed by atoms with Crippen LogP contribution in [0.15, 0.2) is 4.99 Å². The van der Waals surface area contributed by atoms with Crippen LogP contribution in [0.3, 0.4) is 0 Å². The van der Waals surface area contributed by atoms with E-state index in [0.29, 0.717) is 0 Å². The van der Waals surface area contributed by atoms with Gasteiger partial charge in [-0.05, 0) is 53.6 Å². The molecule has 2 N–H and O–H groups in total. The molecule has 154 valence electrons. The van der Waals surface area contributed by atoms with Gasteiger partial charge in [0.1, 0.15) is 11.6 Å². The fourth-order valence-corrected chi connectivity index (χ4v) is 3.81. The molecule has 0 spiro atoms. The van der Waals surface area contributed by atoms with Crippen molar-refractivity contribution < 1.29 is 4.74 Å². The summed E-state index contributed by atoms with van der Waals surface area (Å²) in [5, 5.41) is 11.5. The number of nitrogens with zero attached hydrogens (tertiary/aromatic N) is 5. The van der Waals surface area contributed by atoms with Crippen LogP contribution in [-0.4, -0.2) is 71.6 Å². The normalized spacial score (nSPS) is 22.1. The summed E-state index contributed by atoms with van der Waals surface area (Å²) in [5.41, 5.74) is 0.0732. The highest BCUT2D eigenvalue weighted by Gasteiger charge is 2.35. The number of hydrogen-bond acceptors (Lipinski definition) is 5. The highest BCUT2D eigenvalue weighted by molar-refractivity contribution is 14.0. The summed E-state index contributed by atoms with van der Waals surface area (Å²) in [5.74, 6) is 2.72. The van der Waals surface area contributed by atoms with Crippen LogP contribution in [0.4, 0.5) is 0 Å². The largest absolute Gasteiger partial charge is 0.381 e. The Balaban J connectivity index is 0.00000261. The maximum Gasteiger partial charge on any atom is 0.191 e. The van der Waals surface area contributed by atoms with Crippen LogP contribution in [-0.2, 0) is 11.3 Å². The van der Waals surface area contributed by atoms with Gasteiger partial charge in [-0.25, -0.2) is 9.67 Å². The molecule has 0 aliphatic carbocycles. The van der Waals surface area contributed by atoms with Gasteiger partial charge in [0.15, 0.2) is 5.96 Å². The monoisotopic (exact) mass is 491 g/mol. The number of ether oxygens (including phenoxy) is 1. The summed E-state index contributed by atoms with van der Waals surface area (Å²) in [6.07, 6.45) is 4.18. The molecule has 3 rings (SSSR count). The first-order chi connectivity index (χ1) is 12.5. The van der Waals surface area contributed by atoms with Crippen LogP contribution in [0.5, 0.6) is 0 Å². The lowest BCUT2D eigenvalue weighted by Crippen LogP contribution is -2.52. The Kier molecular flexibility index (Phi) is 8.29. The molecule has 0 saturated carbocycles. The SMILES string of the molecule is CCNC(=NCC1(N(C)C)CCOCC1)NC1CCCn2nc(C)nc21.I. The molecule has 1 atom stereocenters. The minimum Gasteiger partial charge on any atom is -0.381 e. The van der Waals surface area contributed by atoms with Gasteiger partial charge in [0.25, 0.3) is 0 Å². The van der Waals surface area contributed by atoms with Crippen LogP contribution < -0.4 is 10.6 Å². The van der Waals surface area contributed by atoms with Crippen molar-refractivity contribution in [3.8, 4) is 0 Å². The van der Waals surface area contributed by atoms with Gasteiger partial charge in [-0.3, -0.25) is 4.99 Å². The van der Waals surface area contributed by atoms with Crippen LogP contribution in [0.1, 0.15) is 50.3 Å². The van der Waals surface area contributed by atoms with Gasteiger partial charge in [-0.1, -0.05) is 0 Å². The van der Waals surface area contributed by atoms with Gasteiger partial charge in [-0.2, -0.15) is 5.10 Å². The number of aromatic nitrogens is 3. The van der Waals surface area contributed by atoms with Crippen LogP contribution in [0.2, 0.25) is 0 Å². The van der Waals surface area contributed by atoms with E-state index in [2.05, 4.69) is 46.6 Å². The number of nitrogens with one attached hydrogen (secondary N) is 2. The molecule has 3 heterocycles. The highest BCUT2D eigenvalue weighted by Crippen LogP contribution is 2.27. The lowest BCUT2D eigenvalue weighted by atomic mass is 9.89. The second kappa shape index (κ2) is 10.0. The lowest BCUT2D eigenvalue weighted by Gasteiger charge is -2.41. The van der Waals surface area contributed by atoms with Crippen LogP contribution in [0.25, 0.3) is 0 Å². The maximum absolute atomic E-state index is 5.57. The van der Waals surface area contributed by atoms with E-state index in [-0.39, 0.29) is 35.6 Å². The molecule has 2 aliphatic heterocycles. The quantitative estimate of drug-likeness (QED) is 0.371. The fourth-order valence-electron chi connectivity index (χ4n) is 3.81. The molecule has 9 heteroatoms. The van der Waals surface area contributed by atoms with E-state index in [9.17, 15) is 0 Å². The predicted molar refractivity (Wildman–Crippen MR) is 118 cm³/mol. The van der Waals surface area contributed by atoms with E-state index in [1.807, 2.05) is 11.6 Å². The Morgan fingerprint density at radius 3 is 2.78 bits per heavy atom. The molecule has 1 fully saturated rings. The Labute approximate surface area is 179 Å². The van der Waals surface area contributed by atoms with Crippen molar-refractivity contribution in [1.82, 2.24) is 30.3 Å². The smallest absolute Gasteiger partial charge is 0.191 e. The molecular weight excluding hydrogens is 457 g/mol. The van der Waals surface area contributed by atoms with Crippen molar-refractivity contribution in [2.24, 2.45) is 4.99 Å². The van der Waals surface area contributed by atoms with Crippen molar-refractivity contribution in [3.05, 3.63) is 11.6 Å². The first-order valence-electron chi connectivity index (χ1n) is 9.75. The molecule has 0 amide bonds. The van der Waals surface area contributed by atoms with Gasteiger partial charge >= 0.3 is 0 Å². The molecule has 1 saturated heterocycles. The number of aliphatic imine (C=N–C) groups is 1. The second-order valence-electron chi connectivity index (χ2n) is 7.51. The first kappa shape index (κ1) is 22.4. The molecule has 1 unspecified atom stereocenters. The van der Waals surface area contributed by atoms with Crippen LogP contribution >= 0.6 is 24.0 Å². The third-order valence-electron chi connectivity index (χ3n) is 5.54. The molecule has 0 radical (unpaired) electrons. The summed E-state index contributed by atoms with van der Waals surface area (Å²) in [6.45, 7) is 8.21. The average molecular weight is 491 g/mol. The molecule has 1 aromatic heterocycles. The number of hydrogen-bond donors (Lipinski definition) is 2. The number of aryl methyl sites for hydroxylation is 2. The first-order valence-corrected chi connectivity index (χ1v) is 9.75. The summed E-state index contributed by atoms with van der Waals surface area (Å²) in [4.78, 5) is 11.9. The summed E-state index contributed by atoms with van der Waals surface area (Å²) < 4.78 is 7.60. The van der Waals surface area contributed by atoms with E-state index in [0.717, 1.165) is 76.1 Å². The van der Waals surface area contributed by atoms with Gasteiger partial charge in [0.05, 0.1) is 12.6 Å². The molecule has 1 aromatic rings. The van der Waals surface area contributed by atoms with Gasteiger partial charge in [-0.15, -0.1) is 24.0 Å². The minimum atomic E-state index is 0. The molecular formula is C18H34IN7O. The number of likely N-dealkylation sites (N-methyl/N-ethyl adjacent to an activating group) is 1. The zero-order chi connectivity index (χ0) is 18.6. The molecule has 0 aromatic carbocycles. The van der Waals surface area contributed by atoms with E-state index >= 15 is 0 Å². The highest BCUT2D eigenvalue weighted by atomic mass is 127. The zero-order valence-electron chi connectivity index (χ0n) is 17.0. The van der Waals surface area contributed by atoms with Crippen molar-refractivity contribution in [2.45, 2.75) is 57.7 Å². The Bertz CT molecular complexity index is 625. The number of halogens is 1. The number of fused-ring (bicyclic) bond motifs is 1. The Hall–Kier alpha value is -0.940. The molecule has 2 aliphatic rings. The standard InChI is InChI=1S/C18H33N7O.HI/c1-5-19-17(20-13-18(24(3)4)8-11-26-12-9-18)22-15-7-6-10-25-16(15)21-14(2)23-25;/h15H,5-13H2,1-4H3,(H2,19,20,22);1H. The number of rotatable bonds is 5. The van der Waals surface area contributed by atoms with Crippen molar-refractivity contribution in [2.75, 3.05) is 40.4 Å². The van der Waals surface area contributed by atoms with Gasteiger partial charge in [0.2, 0.25) is 0 Å². The van der Waals surface area contributed by atoms with Crippen molar-refractivity contribution in [3.63, 3.8) is 0 Å². The van der Waals surface area contributed by atoms with E-state index in [1.54, 1.807) is 0 Å². The van der Waals surface area contributed by atoms with E-state index < -0.39 is 0 Å². The topological polar surface area (TPSA) is 79.6 Å². The van der Waals surface area contributed by atoms with Crippen molar-refractivity contribution >= 4 is 29.9 Å². The van der Waals surface area contributed by atoms with Crippen molar-refractivity contribution in [1.29, 1.82) is 0 Å². The third-order valence-corrected chi connectivity index (χ3v) is 5.54. The Morgan fingerprint density at radius 2 is 2.11 bits per heavy atom. The van der Waals surface area contributed by atoms with Gasteiger partial charge in [0, 0.05) is 31.8 Å². The second-order valence-corrected chi connectivity index (χ2v) is 7.51. The van der Waals surface area contributed by atoms with E-state index in [1.165, 1.54) is 0 Å². The average Bonchev–Trinajstić information content (AvgIpc) is 3.02. The molecule has 27 heavy (non-hydrogen) atoms. The number of guanidine groups is 1. The summed E-state index contributed by atoms with van der Waals surface area (Å²) >= 11 is 0.